The summed E-state index contributed by atoms with van der Waals surface area (Å²) in [6, 6.07) is 10.0. The summed E-state index contributed by atoms with van der Waals surface area (Å²) in [7, 11) is 4.14. The summed E-state index contributed by atoms with van der Waals surface area (Å²) in [5, 5.41) is 13.6. The van der Waals surface area contributed by atoms with Crippen molar-refractivity contribution >= 4 is 0 Å². The first-order valence-corrected chi connectivity index (χ1v) is 10.2. The smallest absolute Gasteiger partial charge is 0.137 e. The number of benzene rings is 1. The van der Waals surface area contributed by atoms with E-state index in [0.717, 1.165) is 26.2 Å². The summed E-state index contributed by atoms with van der Waals surface area (Å²) in [5.41, 5.74) is 1.91. The van der Waals surface area contributed by atoms with Crippen LogP contribution in [0, 0.1) is 17.2 Å². The second kappa shape index (κ2) is 9.72. The molecule has 1 saturated heterocycles. The van der Waals surface area contributed by atoms with E-state index in [-0.39, 0.29) is 0 Å². The van der Waals surface area contributed by atoms with E-state index in [2.05, 4.69) is 41.1 Å². The zero-order valence-corrected chi connectivity index (χ0v) is 17.2. The Morgan fingerprint density at radius 1 is 1.36 bits per heavy atom. The second-order valence-electron chi connectivity index (χ2n) is 7.64. The third-order valence-electron chi connectivity index (χ3n) is 5.62. The normalized spacial score (nSPS) is 20.2. The number of piperidine rings is 1. The predicted octanol–water partition coefficient (Wildman–Crippen LogP) is 3.08. The van der Waals surface area contributed by atoms with Crippen molar-refractivity contribution in [1.29, 1.82) is 5.26 Å². The van der Waals surface area contributed by atoms with Crippen LogP contribution in [0.1, 0.15) is 36.9 Å². The number of ether oxygens (including phenoxy) is 1. The molecule has 0 aliphatic carbocycles. The van der Waals surface area contributed by atoms with Gasteiger partial charge in [-0.25, -0.2) is 0 Å². The van der Waals surface area contributed by atoms with Crippen LogP contribution in [0.5, 0.6) is 5.75 Å². The number of hydrogen-bond acceptors (Lipinski definition) is 5. The summed E-state index contributed by atoms with van der Waals surface area (Å²) in [4.78, 5) is 4.93. The lowest BCUT2D eigenvalue weighted by molar-refractivity contribution is 0.0733. The third-order valence-corrected chi connectivity index (χ3v) is 5.62. The van der Waals surface area contributed by atoms with E-state index in [1.165, 1.54) is 18.4 Å². The van der Waals surface area contributed by atoms with Crippen LogP contribution < -0.4 is 4.74 Å². The standard InChI is InChI=1S/C22H31N5O/c1-4-27-11-7-9-19(22(27)20-15-24-26(3)17-20)16-25(2)12-13-28-21-10-6-5-8-18(21)14-23/h5-6,8,10,15,17,19,22H,4,7,9,11-13,16H2,1-3H3/t19-,22+/m0/s1. The number of hydrogen-bond donors (Lipinski definition) is 0. The lowest BCUT2D eigenvalue weighted by Gasteiger charge is -2.42. The van der Waals surface area contributed by atoms with E-state index in [1.54, 1.807) is 6.07 Å². The molecule has 150 valence electrons. The molecular formula is C22H31N5O. The maximum Gasteiger partial charge on any atom is 0.137 e. The fraction of sp³-hybridized carbons (Fsp3) is 0.545. The highest BCUT2D eigenvalue weighted by Gasteiger charge is 2.33. The SMILES string of the molecule is CCN1CCC[C@@H](CN(C)CCOc2ccccc2C#N)[C@@H]1c1cnn(C)c1. The summed E-state index contributed by atoms with van der Waals surface area (Å²) in [5.74, 6) is 1.25. The molecule has 0 unspecified atom stereocenters. The maximum atomic E-state index is 9.18. The van der Waals surface area contributed by atoms with Gasteiger partial charge in [-0.1, -0.05) is 19.1 Å². The monoisotopic (exact) mass is 381 g/mol. The molecule has 1 aliphatic rings. The Kier molecular flexibility index (Phi) is 7.07. The average Bonchev–Trinajstić information content (AvgIpc) is 3.14. The molecule has 0 saturated carbocycles. The van der Waals surface area contributed by atoms with Crippen molar-refractivity contribution in [1.82, 2.24) is 19.6 Å². The van der Waals surface area contributed by atoms with E-state index in [0.29, 0.717) is 29.9 Å². The van der Waals surface area contributed by atoms with Crippen molar-refractivity contribution in [2.45, 2.75) is 25.8 Å². The maximum absolute atomic E-state index is 9.18. The molecule has 0 radical (unpaired) electrons. The van der Waals surface area contributed by atoms with E-state index in [9.17, 15) is 5.26 Å². The molecule has 2 atom stereocenters. The highest BCUT2D eigenvalue weighted by molar-refractivity contribution is 5.42. The summed E-state index contributed by atoms with van der Waals surface area (Å²) in [6.45, 7) is 6.91. The number of aromatic nitrogens is 2. The van der Waals surface area contributed by atoms with Gasteiger partial charge >= 0.3 is 0 Å². The molecule has 1 fully saturated rings. The molecule has 1 aromatic heterocycles. The largest absolute Gasteiger partial charge is 0.491 e. The van der Waals surface area contributed by atoms with E-state index in [4.69, 9.17) is 4.74 Å². The topological polar surface area (TPSA) is 57.3 Å². The molecule has 0 bridgehead atoms. The van der Waals surface area contributed by atoms with Gasteiger partial charge in [-0.3, -0.25) is 9.58 Å². The van der Waals surface area contributed by atoms with Crippen molar-refractivity contribution in [2.24, 2.45) is 13.0 Å². The number of nitriles is 1. The Balaban J connectivity index is 1.58. The number of para-hydroxylation sites is 1. The molecule has 0 N–H and O–H groups in total. The van der Waals surface area contributed by atoms with Gasteiger partial charge in [0.2, 0.25) is 0 Å². The minimum Gasteiger partial charge on any atom is -0.491 e. The van der Waals surface area contributed by atoms with Gasteiger partial charge < -0.3 is 9.64 Å². The molecule has 1 aromatic carbocycles. The van der Waals surface area contributed by atoms with Gasteiger partial charge in [-0.15, -0.1) is 0 Å². The minimum atomic E-state index is 0.426. The van der Waals surface area contributed by atoms with Crippen LogP contribution in [0.4, 0.5) is 0 Å². The first-order valence-electron chi connectivity index (χ1n) is 10.2. The molecule has 2 heterocycles. The lowest BCUT2D eigenvalue weighted by Crippen LogP contribution is -2.43. The summed E-state index contributed by atoms with van der Waals surface area (Å²) < 4.78 is 7.76. The predicted molar refractivity (Wildman–Crippen MR) is 110 cm³/mol. The first-order chi connectivity index (χ1) is 13.6. The van der Waals surface area contributed by atoms with Crippen molar-refractivity contribution in [2.75, 3.05) is 39.8 Å². The number of nitrogens with zero attached hydrogens (tertiary/aromatic N) is 5. The molecule has 2 aromatic rings. The zero-order chi connectivity index (χ0) is 19.9. The van der Waals surface area contributed by atoms with Gasteiger partial charge in [0.1, 0.15) is 18.4 Å². The quantitative estimate of drug-likeness (QED) is 0.703. The Hall–Kier alpha value is -2.36. The van der Waals surface area contributed by atoms with Crippen LogP contribution in [-0.4, -0.2) is 59.4 Å². The van der Waals surface area contributed by atoms with Crippen molar-refractivity contribution in [3.63, 3.8) is 0 Å². The van der Waals surface area contributed by atoms with Crippen LogP contribution in [0.25, 0.3) is 0 Å². The van der Waals surface area contributed by atoms with Gasteiger partial charge in [0.05, 0.1) is 11.8 Å². The Labute approximate surface area is 168 Å². The van der Waals surface area contributed by atoms with Crippen LogP contribution in [0.15, 0.2) is 36.7 Å². The molecule has 0 amide bonds. The summed E-state index contributed by atoms with van der Waals surface area (Å²) >= 11 is 0. The van der Waals surface area contributed by atoms with Crippen molar-refractivity contribution < 1.29 is 4.74 Å². The van der Waals surface area contributed by atoms with E-state index < -0.39 is 0 Å². The average molecular weight is 382 g/mol. The van der Waals surface area contributed by atoms with Crippen LogP contribution in [0.2, 0.25) is 0 Å². The van der Waals surface area contributed by atoms with Crippen LogP contribution >= 0.6 is 0 Å². The summed E-state index contributed by atoms with van der Waals surface area (Å²) in [6.07, 6.45) is 6.66. The molecule has 1 aliphatic heterocycles. The van der Waals surface area contributed by atoms with E-state index in [1.807, 2.05) is 36.1 Å². The Bertz CT molecular complexity index is 796. The fourth-order valence-electron chi connectivity index (χ4n) is 4.26. The number of likely N-dealkylation sites (tertiary alicyclic amines) is 1. The minimum absolute atomic E-state index is 0.426. The van der Waals surface area contributed by atoms with Crippen LogP contribution in [0.3, 0.4) is 0 Å². The van der Waals surface area contributed by atoms with Crippen molar-refractivity contribution in [3.05, 3.63) is 47.8 Å². The zero-order valence-electron chi connectivity index (χ0n) is 17.2. The second-order valence-corrected chi connectivity index (χ2v) is 7.64. The van der Waals surface area contributed by atoms with Gasteiger partial charge in [-0.2, -0.15) is 10.4 Å². The Morgan fingerprint density at radius 2 is 2.18 bits per heavy atom. The number of rotatable bonds is 8. The van der Waals surface area contributed by atoms with Gasteiger partial charge in [-0.05, 0) is 51.0 Å². The van der Waals surface area contributed by atoms with Gasteiger partial charge in [0, 0.05) is 37.9 Å². The van der Waals surface area contributed by atoms with Gasteiger partial charge in [0.25, 0.3) is 0 Å². The Morgan fingerprint density at radius 3 is 2.89 bits per heavy atom. The first kappa shape index (κ1) is 20.4. The molecule has 0 spiro atoms. The third kappa shape index (κ3) is 4.92. The van der Waals surface area contributed by atoms with Crippen molar-refractivity contribution in [3.8, 4) is 11.8 Å². The molecule has 28 heavy (non-hydrogen) atoms. The highest BCUT2D eigenvalue weighted by Crippen LogP contribution is 2.36. The lowest BCUT2D eigenvalue weighted by atomic mass is 9.85. The number of aryl methyl sites for hydroxylation is 1. The molecule has 6 heteroatoms. The fourth-order valence-corrected chi connectivity index (χ4v) is 4.26. The molecular weight excluding hydrogens is 350 g/mol. The molecule has 3 rings (SSSR count). The highest BCUT2D eigenvalue weighted by atomic mass is 16.5. The molecule has 6 nitrogen and oxygen atoms in total. The number of likely N-dealkylation sites (N-methyl/N-ethyl adjacent to an activating group) is 1. The van der Waals surface area contributed by atoms with Gasteiger partial charge in [0.15, 0.2) is 0 Å². The van der Waals surface area contributed by atoms with Crippen LogP contribution in [-0.2, 0) is 7.05 Å². The van der Waals surface area contributed by atoms with E-state index >= 15 is 0 Å².